The lowest BCUT2D eigenvalue weighted by Gasteiger charge is -1.99. The summed E-state index contributed by atoms with van der Waals surface area (Å²) in [5, 5.41) is 19.7. The SMILES string of the molecule is Nc1nc2cc([N+](=O)[O-])c(O)cc2c(=O)o1. The third-order valence-corrected chi connectivity index (χ3v) is 1.94. The molecule has 0 saturated carbocycles. The van der Waals surface area contributed by atoms with Gasteiger partial charge in [-0.25, -0.2) is 4.79 Å². The topological polar surface area (TPSA) is 132 Å². The molecular weight excluding hydrogens is 218 g/mol. The van der Waals surface area contributed by atoms with E-state index >= 15 is 0 Å². The minimum Gasteiger partial charge on any atom is -0.502 e. The molecule has 0 amide bonds. The van der Waals surface area contributed by atoms with Crippen molar-refractivity contribution < 1.29 is 14.4 Å². The molecule has 1 heterocycles. The molecule has 16 heavy (non-hydrogen) atoms. The van der Waals surface area contributed by atoms with Gasteiger partial charge in [-0.2, -0.15) is 4.98 Å². The van der Waals surface area contributed by atoms with E-state index < -0.39 is 28.0 Å². The summed E-state index contributed by atoms with van der Waals surface area (Å²) in [6, 6.07) is 1.49. The number of hydrogen-bond acceptors (Lipinski definition) is 7. The van der Waals surface area contributed by atoms with Crippen LogP contribution in [0.5, 0.6) is 5.75 Å². The zero-order chi connectivity index (χ0) is 11.9. The average molecular weight is 223 g/mol. The van der Waals surface area contributed by atoms with Crippen LogP contribution in [0.15, 0.2) is 21.3 Å². The number of anilines is 1. The lowest BCUT2D eigenvalue weighted by Crippen LogP contribution is -2.05. The van der Waals surface area contributed by atoms with Crippen LogP contribution in [0.25, 0.3) is 10.9 Å². The van der Waals surface area contributed by atoms with Gasteiger partial charge in [-0.3, -0.25) is 10.1 Å². The predicted octanol–water partition coefficient (Wildman–Crippen LogP) is 0.384. The second-order valence-corrected chi connectivity index (χ2v) is 2.95. The van der Waals surface area contributed by atoms with Gasteiger partial charge in [0, 0.05) is 12.1 Å². The molecule has 0 aliphatic heterocycles. The summed E-state index contributed by atoms with van der Waals surface area (Å²) in [6.07, 6.45) is 0. The minimum atomic E-state index is -0.812. The highest BCUT2D eigenvalue weighted by atomic mass is 16.6. The fourth-order valence-electron chi connectivity index (χ4n) is 1.26. The van der Waals surface area contributed by atoms with Gasteiger partial charge in [0.05, 0.1) is 15.8 Å². The number of fused-ring (bicyclic) bond motifs is 1. The van der Waals surface area contributed by atoms with Gasteiger partial charge in [0.2, 0.25) is 0 Å². The molecule has 2 rings (SSSR count). The molecule has 3 N–H and O–H groups in total. The number of nitro benzene ring substituents is 1. The Morgan fingerprint density at radius 1 is 1.50 bits per heavy atom. The quantitative estimate of drug-likeness (QED) is 0.527. The smallest absolute Gasteiger partial charge is 0.348 e. The van der Waals surface area contributed by atoms with Crippen LogP contribution in [0.1, 0.15) is 0 Å². The number of nitrogens with zero attached hydrogens (tertiary/aromatic N) is 2. The first-order valence-corrected chi connectivity index (χ1v) is 4.07. The monoisotopic (exact) mass is 223 g/mol. The van der Waals surface area contributed by atoms with Gasteiger partial charge in [0.1, 0.15) is 0 Å². The molecule has 0 atom stereocenters. The lowest BCUT2D eigenvalue weighted by atomic mass is 10.2. The van der Waals surface area contributed by atoms with Crippen molar-refractivity contribution in [2.45, 2.75) is 0 Å². The number of benzene rings is 1. The van der Waals surface area contributed by atoms with Crippen LogP contribution in [0, 0.1) is 10.1 Å². The maximum atomic E-state index is 11.3. The Morgan fingerprint density at radius 2 is 2.19 bits per heavy atom. The summed E-state index contributed by atoms with van der Waals surface area (Å²) < 4.78 is 4.48. The van der Waals surface area contributed by atoms with Gasteiger partial charge >= 0.3 is 11.3 Å². The van der Waals surface area contributed by atoms with E-state index in [1.165, 1.54) is 0 Å². The first-order valence-electron chi connectivity index (χ1n) is 4.07. The van der Waals surface area contributed by atoms with E-state index in [1.54, 1.807) is 0 Å². The molecule has 8 heteroatoms. The van der Waals surface area contributed by atoms with Crippen LogP contribution in [0.2, 0.25) is 0 Å². The Kier molecular flexibility index (Phi) is 1.97. The molecule has 0 aliphatic rings. The third-order valence-electron chi connectivity index (χ3n) is 1.94. The maximum Gasteiger partial charge on any atom is 0.348 e. The number of aromatic nitrogens is 1. The first kappa shape index (κ1) is 9.90. The molecule has 0 saturated heterocycles. The lowest BCUT2D eigenvalue weighted by molar-refractivity contribution is -0.385. The molecular formula is C8H5N3O5. The number of nitro groups is 1. The van der Waals surface area contributed by atoms with Gasteiger partial charge in [-0.15, -0.1) is 0 Å². The standard InChI is InChI=1S/C8H5N3O5/c9-8-10-4-2-5(11(14)15)6(12)1-3(4)7(13)16-8/h1-2,12H,(H2,9,10). The van der Waals surface area contributed by atoms with Crippen molar-refractivity contribution in [2.24, 2.45) is 0 Å². The fourth-order valence-corrected chi connectivity index (χ4v) is 1.26. The van der Waals surface area contributed by atoms with Gasteiger partial charge in [0.15, 0.2) is 5.75 Å². The summed E-state index contributed by atoms with van der Waals surface area (Å²) in [4.78, 5) is 24.6. The maximum absolute atomic E-state index is 11.3. The number of rotatable bonds is 1. The first-order chi connectivity index (χ1) is 7.49. The van der Waals surface area contributed by atoms with Gasteiger partial charge in [0.25, 0.3) is 6.01 Å². The third kappa shape index (κ3) is 1.41. The van der Waals surface area contributed by atoms with E-state index in [1.807, 2.05) is 0 Å². The van der Waals surface area contributed by atoms with Crippen molar-refractivity contribution in [1.82, 2.24) is 4.98 Å². The zero-order valence-electron chi connectivity index (χ0n) is 7.71. The van der Waals surface area contributed by atoms with Gasteiger partial charge in [-0.1, -0.05) is 0 Å². The molecule has 1 aromatic heterocycles. The Morgan fingerprint density at radius 3 is 2.81 bits per heavy atom. The van der Waals surface area contributed by atoms with Crippen LogP contribution in [0.4, 0.5) is 11.7 Å². The van der Waals surface area contributed by atoms with E-state index in [-0.39, 0.29) is 10.9 Å². The number of aromatic hydroxyl groups is 1. The molecule has 8 nitrogen and oxygen atoms in total. The molecule has 0 aliphatic carbocycles. The van der Waals surface area contributed by atoms with E-state index in [0.717, 1.165) is 12.1 Å². The minimum absolute atomic E-state index is 0.00162. The summed E-state index contributed by atoms with van der Waals surface area (Å²) >= 11 is 0. The highest BCUT2D eigenvalue weighted by Crippen LogP contribution is 2.28. The van der Waals surface area contributed by atoms with Crippen molar-refractivity contribution in [3.05, 3.63) is 32.7 Å². The van der Waals surface area contributed by atoms with Crippen LogP contribution < -0.4 is 11.4 Å². The average Bonchev–Trinajstić information content (AvgIpc) is 2.18. The molecule has 1 aromatic carbocycles. The summed E-state index contributed by atoms with van der Waals surface area (Å²) in [5.74, 6) is -0.628. The van der Waals surface area contributed by atoms with Crippen LogP contribution in [-0.2, 0) is 0 Å². The molecule has 2 aromatic rings. The predicted molar refractivity (Wildman–Crippen MR) is 53.0 cm³/mol. The van der Waals surface area contributed by atoms with Crippen molar-refractivity contribution in [3.63, 3.8) is 0 Å². The fraction of sp³-hybridized carbons (Fsp3) is 0. The van der Waals surface area contributed by atoms with Crippen molar-refractivity contribution in [3.8, 4) is 5.75 Å². The zero-order valence-corrected chi connectivity index (χ0v) is 7.71. The number of phenolic OH excluding ortho intramolecular Hbond substituents is 1. The Balaban J connectivity index is 2.90. The van der Waals surface area contributed by atoms with Gasteiger partial charge in [-0.05, 0) is 0 Å². The molecule has 0 bridgehead atoms. The second-order valence-electron chi connectivity index (χ2n) is 2.95. The highest BCUT2D eigenvalue weighted by Gasteiger charge is 2.17. The molecule has 0 radical (unpaired) electrons. The normalized spacial score (nSPS) is 10.5. The van der Waals surface area contributed by atoms with Crippen LogP contribution in [0.3, 0.4) is 0 Å². The Bertz CT molecular complexity index is 648. The van der Waals surface area contributed by atoms with E-state index in [2.05, 4.69) is 9.40 Å². The molecule has 0 unspecified atom stereocenters. The van der Waals surface area contributed by atoms with E-state index in [9.17, 15) is 20.0 Å². The summed E-state index contributed by atoms with van der Waals surface area (Å²) in [7, 11) is 0. The van der Waals surface area contributed by atoms with Crippen LogP contribution in [-0.4, -0.2) is 15.0 Å². The van der Waals surface area contributed by atoms with E-state index in [0.29, 0.717) is 0 Å². The van der Waals surface area contributed by atoms with Gasteiger partial charge < -0.3 is 15.3 Å². The van der Waals surface area contributed by atoms with Crippen molar-refractivity contribution >= 4 is 22.6 Å². The van der Waals surface area contributed by atoms with E-state index in [4.69, 9.17) is 5.73 Å². The highest BCUT2D eigenvalue weighted by molar-refractivity contribution is 5.83. The second kappa shape index (κ2) is 3.19. The molecule has 0 fully saturated rings. The molecule has 82 valence electrons. The number of nitrogens with two attached hydrogens (primary N) is 1. The molecule has 0 spiro atoms. The number of nitrogen functional groups attached to an aromatic ring is 1. The Labute approximate surface area is 87.1 Å². The van der Waals surface area contributed by atoms with Crippen LogP contribution >= 0.6 is 0 Å². The Hall–Kier alpha value is -2.64. The van der Waals surface area contributed by atoms with Crippen molar-refractivity contribution in [2.75, 3.05) is 5.73 Å². The number of phenols is 1. The number of hydrogen-bond donors (Lipinski definition) is 2. The largest absolute Gasteiger partial charge is 0.502 e. The summed E-state index contributed by atoms with van der Waals surface area (Å²) in [5.41, 5.74) is 3.81. The van der Waals surface area contributed by atoms with Crippen molar-refractivity contribution in [1.29, 1.82) is 0 Å². The summed E-state index contributed by atoms with van der Waals surface area (Å²) in [6.45, 7) is 0.